The molecule has 3 amide bonds. The van der Waals surface area contributed by atoms with Crippen molar-refractivity contribution in [3.8, 4) is 22.6 Å². The SMILES string of the molecule is Cc1ccc(COC(=O)[C@H](CC(C)C)NC(=O)[C@@H](CCCNC(=N)N)NC(=O)[C@@H](CCCCN)NC(=O)COc2ccc3ccccc3c2-c2c(OCCC(C)C)ccc3ccccc23)cc1. The average Bonchev–Trinajstić information content (AvgIpc) is 3.30. The fourth-order valence-electron chi connectivity index (χ4n) is 7.77. The summed E-state index contributed by atoms with van der Waals surface area (Å²) in [6, 6.07) is 28.4. The summed E-state index contributed by atoms with van der Waals surface area (Å²) in [6.07, 6.45) is 3.02. The van der Waals surface area contributed by atoms with Crippen LogP contribution < -0.4 is 42.2 Å². The van der Waals surface area contributed by atoms with Gasteiger partial charge in [0.1, 0.15) is 36.2 Å². The van der Waals surface area contributed by atoms with E-state index in [-0.39, 0.29) is 37.9 Å². The minimum Gasteiger partial charge on any atom is -0.493 e. The number of guanidine groups is 1. The molecule has 0 unspecified atom stereocenters. The van der Waals surface area contributed by atoms with Crippen molar-refractivity contribution >= 4 is 51.2 Å². The molecule has 358 valence electrons. The Morgan fingerprint density at radius 2 is 1.21 bits per heavy atom. The van der Waals surface area contributed by atoms with Gasteiger partial charge in [-0.25, -0.2) is 4.79 Å². The molecule has 0 saturated heterocycles. The van der Waals surface area contributed by atoms with E-state index in [1.807, 2.05) is 106 Å². The lowest BCUT2D eigenvalue weighted by atomic mass is 9.92. The number of aryl methyl sites for hydroxylation is 1. The van der Waals surface area contributed by atoms with E-state index in [1.165, 1.54) is 0 Å². The largest absolute Gasteiger partial charge is 0.493 e. The molecule has 0 bridgehead atoms. The number of ether oxygens (including phenoxy) is 3. The standard InChI is InChI=1S/C53H69N7O7/c1-34(2)27-30-65-45-25-23-38-13-6-8-15-40(38)48(45)49-41-16-9-7-14-39(41)24-26-46(49)66-33-47(61)58-42(17-10-11-28-54)50(62)59-43(18-12-29-57-53(55)56)51(63)60-44(31-35(3)4)52(64)67-32-37-21-19-36(5)20-22-37/h6-9,13-16,19-26,34-35,42-44H,10-12,17-18,27-33,54H2,1-5H3,(H,58,61)(H,59,62)(H,60,63)(H4,55,56,57)/t42-,43-,44+/m1/s1. The molecule has 0 fully saturated rings. The van der Waals surface area contributed by atoms with Gasteiger partial charge < -0.3 is 46.9 Å². The monoisotopic (exact) mass is 916 g/mol. The van der Waals surface area contributed by atoms with Crippen LogP contribution in [0, 0.1) is 24.2 Å². The molecule has 0 aliphatic rings. The number of fused-ring (bicyclic) bond motifs is 2. The van der Waals surface area contributed by atoms with Gasteiger partial charge in [-0.3, -0.25) is 19.8 Å². The van der Waals surface area contributed by atoms with E-state index in [4.69, 9.17) is 31.1 Å². The zero-order valence-electron chi connectivity index (χ0n) is 39.6. The summed E-state index contributed by atoms with van der Waals surface area (Å²) < 4.78 is 18.5. The Labute approximate surface area is 394 Å². The summed E-state index contributed by atoms with van der Waals surface area (Å²) >= 11 is 0. The number of hydrogen-bond acceptors (Lipinski definition) is 9. The highest BCUT2D eigenvalue weighted by Crippen LogP contribution is 2.45. The van der Waals surface area contributed by atoms with Gasteiger partial charge >= 0.3 is 5.97 Å². The Bertz CT molecular complexity index is 2440. The minimum absolute atomic E-state index is 0.0252. The van der Waals surface area contributed by atoms with Gasteiger partial charge in [-0.2, -0.15) is 0 Å². The van der Waals surface area contributed by atoms with E-state index in [0.29, 0.717) is 56.3 Å². The lowest BCUT2D eigenvalue weighted by Gasteiger charge is -2.26. The van der Waals surface area contributed by atoms with Crippen molar-refractivity contribution in [1.29, 1.82) is 5.41 Å². The van der Waals surface area contributed by atoms with Crippen LogP contribution in [0.3, 0.4) is 0 Å². The topological polar surface area (TPSA) is 220 Å². The van der Waals surface area contributed by atoms with Gasteiger partial charge in [0, 0.05) is 17.7 Å². The van der Waals surface area contributed by atoms with Crippen molar-refractivity contribution in [3.05, 3.63) is 108 Å². The summed E-state index contributed by atoms with van der Waals surface area (Å²) in [4.78, 5) is 55.6. The number of hydrogen-bond donors (Lipinski definition) is 7. The van der Waals surface area contributed by atoms with Crippen LogP contribution in [-0.2, 0) is 30.5 Å². The predicted molar refractivity (Wildman–Crippen MR) is 266 cm³/mol. The summed E-state index contributed by atoms with van der Waals surface area (Å²) in [7, 11) is 0. The molecule has 0 saturated carbocycles. The maximum atomic E-state index is 14.2. The molecule has 14 heteroatoms. The number of carbonyl (C=O) groups is 4. The fourth-order valence-corrected chi connectivity index (χ4v) is 7.77. The number of rotatable bonds is 26. The molecule has 0 heterocycles. The van der Waals surface area contributed by atoms with E-state index in [2.05, 4.69) is 47.2 Å². The lowest BCUT2D eigenvalue weighted by molar-refractivity contribution is -0.150. The molecular formula is C53H69N7O7. The Kier molecular flexibility index (Phi) is 19.8. The maximum absolute atomic E-state index is 14.2. The average molecular weight is 916 g/mol. The normalized spacial score (nSPS) is 12.6. The number of carbonyl (C=O) groups excluding carboxylic acids is 4. The first-order chi connectivity index (χ1) is 32.2. The van der Waals surface area contributed by atoms with E-state index in [1.54, 1.807) is 0 Å². The van der Waals surface area contributed by atoms with Crippen LogP contribution in [0.5, 0.6) is 11.5 Å². The zero-order chi connectivity index (χ0) is 48.3. The van der Waals surface area contributed by atoms with Crippen LogP contribution in [0.4, 0.5) is 0 Å². The third kappa shape index (κ3) is 15.7. The molecule has 9 N–H and O–H groups in total. The van der Waals surface area contributed by atoms with Gasteiger partial charge in [-0.1, -0.05) is 118 Å². The molecule has 0 aliphatic carbocycles. The third-order valence-electron chi connectivity index (χ3n) is 11.4. The van der Waals surface area contributed by atoms with Crippen molar-refractivity contribution in [2.45, 2.75) is 104 Å². The molecule has 14 nitrogen and oxygen atoms in total. The lowest BCUT2D eigenvalue weighted by Crippen LogP contribution is -2.56. The van der Waals surface area contributed by atoms with E-state index in [9.17, 15) is 19.2 Å². The second-order valence-corrected chi connectivity index (χ2v) is 17.9. The van der Waals surface area contributed by atoms with E-state index >= 15 is 0 Å². The van der Waals surface area contributed by atoms with Crippen LogP contribution in [-0.4, -0.2) is 74.1 Å². The molecule has 5 rings (SSSR count). The van der Waals surface area contributed by atoms with Crippen LogP contribution >= 0.6 is 0 Å². The first kappa shape index (κ1) is 51.3. The quantitative estimate of drug-likeness (QED) is 0.0126. The van der Waals surface area contributed by atoms with E-state index < -0.39 is 48.4 Å². The highest BCUT2D eigenvalue weighted by atomic mass is 16.5. The molecule has 0 spiro atoms. The van der Waals surface area contributed by atoms with Gasteiger partial charge in [0.2, 0.25) is 11.8 Å². The molecule has 5 aromatic carbocycles. The Balaban J connectivity index is 1.37. The van der Waals surface area contributed by atoms with Gasteiger partial charge in [0.15, 0.2) is 12.6 Å². The van der Waals surface area contributed by atoms with Crippen LogP contribution in [0.2, 0.25) is 0 Å². The predicted octanol–water partition coefficient (Wildman–Crippen LogP) is 7.41. The fraction of sp³-hybridized carbons (Fsp3) is 0.415. The smallest absolute Gasteiger partial charge is 0.328 e. The number of amides is 3. The van der Waals surface area contributed by atoms with Gasteiger partial charge in [0.05, 0.1) is 6.61 Å². The molecule has 3 atom stereocenters. The molecule has 0 radical (unpaired) electrons. The summed E-state index contributed by atoms with van der Waals surface area (Å²) in [6.45, 7) is 10.9. The highest BCUT2D eigenvalue weighted by molar-refractivity contribution is 6.10. The Morgan fingerprint density at radius 3 is 1.79 bits per heavy atom. The van der Waals surface area contributed by atoms with E-state index in [0.717, 1.165) is 50.2 Å². The number of esters is 1. The molecule has 0 aliphatic heterocycles. The molecule has 0 aromatic heterocycles. The van der Waals surface area contributed by atoms with Gasteiger partial charge in [-0.05, 0) is 109 Å². The Hall–Kier alpha value is -6.67. The second kappa shape index (κ2) is 25.9. The first-order valence-electron chi connectivity index (χ1n) is 23.4. The number of unbranched alkanes of at least 4 members (excludes halogenated alkanes) is 1. The molecular weight excluding hydrogens is 847 g/mol. The first-order valence-corrected chi connectivity index (χ1v) is 23.4. The summed E-state index contributed by atoms with van der Waals surface area (Å²) in [5.41, 5.74) is 14.8. The van der Waals surface area contributed by atoms with Gasteiger partial charge in [0.25, 0.3) is 5.91 Å². The minimum atomic E-state index is -1.11. The van der Waals surface area contributed by atoms with Crippen molar-refractivity contribution in [3.63, 3.8) is 0 Å². The third-order valence-corrected chi connectivity index (χ3v) is 11.4. The van der Waals surface area contributed by atoms with Crippen LogP contribution in [0.25, 0.3) is 32.7 Å². The maximum Gasteiger partial charge on any atom is 0.328 e. The van der Waals surface area contributed by atoms with Crippen molar-refractivity contribution in [1.82, 2.24) is 21.3 Å². The summed E-state index contributed by atoms with van der Waals surface area (Å²) in [5.74, 6) is -0.901. The van der Waals surface area contributed by atoms with Crippen molar-refractivity contribution < 1.29 is 33.4 Å². The number of nitrogens with one attached hydrogen (secondary N) is 5. The number of nitrogens with two attached hydrogens (primary N) is 2. The van der Waals surface area contributed by atoms with Crippen LogP contribution in [0.1, 0.15) is 83.8 Å². The number of benzene rings is 5. The van der Waals surface area contributed by atoms with Crippen molar-refractivity contribution in [2.24, 2.45) is 23.3 Å². The Morgan fingerprint density at radius 1 is 0.642 bits per heavy atom. The molecule has 67 heavy (non-hydrogen) atoms. The zero-order valence-corrected chi connectivity index (χ0v) is 39.6. The second-order valence-electron chi connectivity index (χ2n) is 17.9. The van der Waals surface area contributed by atoms with Crippen LogP contribution in [0.15, 0.2) is 97.1 Å². The van der Waals surface area contributed by atoms with Crippen molar-refractivity contribution in [2.75, 3.05) is 26.3 Å². The van der Waals surface area contributed by atoms with Gasteiger partial charge in [-0.15, -0.1) is 0 Å². The summed E-state index contributed by atoms with van der Waals surface area (Å²) in [5, 5.41) is 22.7. The highest BCUT2D eigenvalue weighted by Gasteiger charge is 2.31. The molecule has 5 aromatic rings.